The summed E-state index contributed by atoms with van der Waals surface area (Å²) in [7, 11) is 4.06. The van der Waals surface area contributed by atoms with Crippen molar-refractivity contribution < 1.29 is 0 Å². The van der Waals surface area contributed by atoms with Crippen molar-refractivity contribution in [3.05, 3.63) is 69.7 Å². The Balaban J connectivity index is 1.45. The number of fused-ring (bicyclic) bond motifs is 2. The maximum atomic E-state index is 6.40. The highest BCUT2D eigenvalue weighted by Crippen LogP contribution is 2.48. The van der Waals surface area contributed by atoms with E-state index < -0.39 is 0 Å². The normalized spacial score (nSPS) is 18.7. The van der Waals surface area contributed by atoms with Crippen LogP contribution < -0.4 is 5.01 Å². The SMILES string of the molecule is CC(=NN1CC2(CCN(C/C=C/c3ccc(Cl)cc3)CC2)c2cc(Cl)ccc21)N(C)C. The molecule has 4 rings (SSSR count). The molecule has 0 atom stereocenters. The summed E-state index contributed by atoms with van der Waals surface area (Å²) in [5.41, 5.74) is 3.85. The van der Waals surface area contributed by atoms with Crippen LogP contribution in [0.5, 0.6) is 0 Å². The van der Waals surface area contributed by atoms with Gasteiger partial charge in [-0.3, -0.25) is 9.91 Å². The first kappa shape index (κ1) is 22.2. The molecular formula is C25H30Cl2N4. The Labute approximate surface area is 195 Å². The summed E-state index contributed by atoms with van der Waals surface area (Å²) >= 11 is 12.4. The average Bonchev–Trinajstić information content (AvgIpc) is 3.03. The second-order valence-electron chi connectivity index (χ2n) is 8.80. The van der Waals surface area contributed by atoms with E-state index in [9.17, 15) is 0 Å². The minimum absolute atomic E-state index is 0.118. The van der Waals surface area contributed by atoms with Crippen molar-refractivity contribution in [2.45, 2.75) is 25.2 Å². The van der Waals surface area contributed by atoms with E-state index in [1.165, 1.54) is 16.8 Å². The first-order valence-corrected chi connectivity index (χ1v) is 11.6. The Morgan fingerprint density at radius 1 is 1.06 bits per heavy atom. The monoisotopic (exact) mass is 456 g/mol. The van der Waals surface area contributed by atoms with E-state index in [0.29, 0.717) is 0 Å². The van der Waals surface area contributed by atoms with Gasteiger partial charge in [0, 0.05) is 36.1 Å². The highest BCUT2D eigenvalue weighted by Gasteiger charge is 2.45. The summed E-state index contributed by atoms with van der Waals surface area (Å²) in [6, 6.07) is 14.2. The lowest BCUT2D eigenvalue weighted by Gasteiger charge is -2.39. The van der Waals surface area contributed by atoms with Crippen molar-refractivity contribution in [1.29, 1.82) is 0 Å². The Hall–Kier alpha value is -2.01. The van der Waals surface area contributed by atoms with Gasteiger partial charge in [0.2, 0.25) is 0 Å². The van der Waals surface area contributed by atoms with E-state index in [4.69, 9.17) is 28.3 Å². The van der Waals surface area contributed by atoms with Crippen LogP contribution in [0.2, 0.25) is 10.0 Å². The summed E-state index contributed by atoms with van der Waals surface area (Å²) < 4.78 is 0. The van der Waals surface area contributed by atoms with Gasteiger partial charge in [-0.25, -0.2) is 0 Å². The fraction of sp³-hybridized carbons (Fsp3) is 0.400. The lowest BCUT2D eigenvalue weighted by Crippen LogP contribution is -2.44. The maximum absolute atomic E-state index is 6.40. The Bertz CT molecular complexity index is 974. The number of anilines is 1. The third kappa shape index (κ3) is 4.92. The molecule has 1 spiro atoms. The summed E-state index contributed by atoms with van der Waals surface area (Å²) in [5.74, 6) is 1.00. The summed E-state index contributed by atoms with van der Waals surface area (Å²) in [6.07, 6.45) is 6.65. The molecule has 0 bridgehead atoms. The molecule has 0 unspecified atom stereocenters. The van der Waals surface area contributed by atoms with Gasteiger partial charge in [0.15, 0.2) is 0 Å². The molecule has 4 nitrogen and oxygen atoms in total. The van der Waals surface area contributed by atoms with Crippen LogP contribution in [0, 0.1) is 0 Å². The van der Waals surface area contributed by atoms with E-state index in [1.54, 1.807) is 0 Å². The molecule has 6 heteroatoms. The third-order valence-electron chi connectivity index (χ3n) is 6.53. The van der Waals surface area contributed by atoms with Gasteiger partial charge in [-0.2, -0.15) is 5.10 Å². The van der Waals surface area contributed by atoms with Crippen LogP contribution in [0.15, 0.2) is 53.6 Å². The smallest absolute Gasteiger partial charge is 0.121 e. The Morgan fingerprint density at radius 3 is 2.42 bits per heavy atom. The lowest BCUT2D eigenvalue weighted by molar-refractivity contribution is 0.180. The van der Waals surface area contributed by atoms with Crippen molar-refractivity contribution in [3.8, 4) is 0 Å². The summed E-state index contributed by atoms with van der Waals surface area (Å²) in [5, 5.41) is 8.66. The summed E-state index contributed by atoms with van der Waals surface area (Å²) in [4.78, 5) is 4.58. The molecule has 1 fully saturated rings. The average molecular weight is 457 g/mol. The number of amidine groups is 1. The van der Waals surface area contributed by atoms with Gasteiger partial charge in [0.1, 0.15) is 5.84 Å². The van der Waals surface area contributed by atoms with E-state index in [-0.39, 0.29) is 5.41 Å². The van der Waals surface area contributed by atoms with Crippen LogP contribution in [0.25, 0.3) is 6.08 Å². The van der Waals surface area contributed by atoms with Crippen LogP contribution in [0.4, 0.5) is 5.69 Å². The topological polar surface area (TPSA) is 22.1 Å². The zero-order chi connectivity index (χ0) is 22.0. The molecule has 2 aromatic carbocycles. The van der Waals surface area contributed by atoms with E-state index in [2.05, 4.69) is 46.0 Å². The molecule has 2 aromatic rings. The number of hydrogen-bond acceptors (Lipinski definition) is 3. The Kier molecular flexibility index (Phi) is 6.61. The second-order valence-corrected chi connectivity index (χ2v) is 9.67. The van der Waals surface area contributed by atoms with Crippen molar-refractivity contribution in [2.24, 2.45) is 5.10 Å². The number of piperidine rings is 1. The number of rotatable bonds is 4. The van der Waals surface area contributed by atoms with Gasteiger partial charge in [-0.05, 0) is 74.3 Å². The first-order chi connectivity index (χ1) is 14.9. The molecule has 0 N–H and O–H groups in total. The van der Waals surface area contributed by atoms with Crippen LogP contribution in [-0.2, 0) is 5.41 Å². The maximum Gasteiger partial charge on any atom is 0.121 e. The molecule has 0 amide bonds. The molecular weight excluding hydrogens is 427 g/mol. The lowest BCUT2D eigenvalue weighted by atomic mass is 9.74. The number of likely N-dealkylation sites (tertiary alicyclic amines) is 1. The van der Waals surface area contributed by atoms with Gasteiger partial charge in [0.05, 0.1) is 12.2 Å². The molecule has 2 aliphatic rings. The van der Waals surface area contributed by atoms with Gasteiger partial charge in [-0.15, -0.1) is 0 Å². The molecule has 31 heavy (non-hydrogen) atoms. The number of nitrogens with zero attached hydrogens (tertiary/aromatic N) is 4. The zero-order valence-electron chi connectivity index (χ0n) is 18.5. The molecule has 0 aromatic heterocycles. The molecule has 164 valence electrons. The largest absolute Gasteiger partial charge is 0.365 e. The fourth-order valence-corrected chi connectivity index (χ4v) is 4.77. The molecule has 0 radical (unpaired) electrons. The second kappa shape index (κ2) is 9.23. The van der Waals surface area contributed by atoms with Crippen molar-refractivity contribution in [1.82, 2.24) is 9.80 Å². The highest BCUT2D eigenvalue weighted by atomic mass is 35.5. The fourth-order valence-electron chi connectivity index (χ4n) is 4.47. The summed E-state index contributed by atoms with van der Waals surface area (Å²) in [6.45, 7) is 6.07. The number of halogens is 2. The van der Waals surface area contributed by atoms with E-state index >= 15 is 0 Å². The van der Waals surface area contributed by atoms with E-state index in [0.717, 1.165) is 54.9 Å². The molecule has 2 aliphatic heterocycles. The van der Waals surface area contributed by atoms with Gasteiger partial charge in [0.25, 0.3) is 0 Å². The Morgan fingerprint density at radius 2 is 1.74 bits per heavy atom. The van der Waals surface area contributed by atoms with Crippen molar-refractivity contribution in [3.63, 3.8) is 0 Å². The van der Waals surface area contributed by atoms with Crippen LogP contribution in [0.3, 0.4) is 0 Å². The molecule has 2 heterocycles. The van der Waals surface area contributed by atoms with Gasteiger partial charge >= 0.3 is 0 Å². The third-order valence-corrected chi connectivity index (χ3v) is 7.02. The minimum atomic E-state index is 0.118. The predicted octanol–water partition coefficient (Wildman–Crippen LogP) is 5.76. The zero-order valence-corrected chi connectivity index (χ0v) is 20.0. The van der Waals surface area contributed by atoms with Crippen molar-refractivity contribution >= 4 is 40.8 Å². The minimum Gasteiger partial charge on any atom is -0.365 e. The molecule has 0 saturated carbocycles. The van der Waals surface area contributed by atoms with Gasteiger partial charge in [-0.1, -0.05) is 47.5 Å². The van der Waals surface area contributed by atoms with Crippen LogP contribution in [-0.4, -0.2) is 55.9 Å². The quantitative estimate of drug-likeness (QED) is 0.431. The number of benzene rings is 2. The van der Waals surface area contributed by atoms with E-state index in [1.807, 2.05) is 44.4 Å². The molecule has 0 aliphatic carbocycles. The number of hydrazone groups is 1. The van der Waals surface area contributed by atoms with Crippen molar-refractivity contribution in [2.75, 3.05) is 45.3 Å². The molecule has 1 saturated heterocycles. The standard InChI is InChI=1S/C25H30Cl2N4/c1-19(29(2)3)28-31-18-25(23-17-22(27)10-11-24(23)31)12-15-30(16-13-25)14-4-5-20-6-8-21(26)9-7-20/h4-11,17H,12-16,18H2,1-3H3/b5-4+,28-19?. The van der Waals surface area contributed by atoms with Crippen LogP contribution in [0.1, 0.15) is 30.9 Å². The van der Waals surface area contributed by atoms with Gasteiger partial charge < -0.3 is 4.90 Å². The highest BCUT2D eigenvalue weighted by molar-refractivity contribution is 6.31. The predicted molar refractivity (Wildman–Crippen MR) is 133 cm³/mol. The number of hydrogen-bond donors (Lipinski definition) is 0. The van der Waals surface area contributed by atoms with Crippen LogP contribution >= 0.6 is 23.2 Å². The first-order valence-electron chi connectivity index (χ1n) is 10.8.